The van der Waals surface area contributed by atoms with Crippen molar-refractivity contribution < 1.29 is 33.7 Å². The predicted molar refractivity (Wildman–Crippen MR) is 133 cm³/mol. The van der Waals surface area contributed by atoms with Crippen LogP contribution in [-0.4, -0.2) is 71.0 Å². The van der Waals surface area contributed by atoms with Crippen LogP contribution in [0.25, 0.3) is 0 Å². The Balaban J connectivity index is 1.40. The van der Waals surface area contributed by atoms with Crippen LogP contribution in [0.5, 0.6) is 0 Å². The number of nitrogens with zero attached hydrogens (tertiary/aromatic N) is 1. The third-order valence-corrected chi connectivity index (χ3v) is 13.0. The molecule has 0 aromatic carbocycles. The van der Waals surface area contributed by atoms with E-state index in [1.165, 1.54) is 0 Å². The van der Waals surface area contributed by atoms with Gasteiger partial charge < -0.3 is 19.3 Å². The fourth-order valence-corrected chi connectivity index (χ4v) is 11.7. The number of hydrogen-bond donors (Lipinski definition) is 1. The van der Waals surface area contributed by atoms with Gasteiger partial charge in [-0.05, 0) is 56.9 Å². The molecule has 2 saturated carbocycles. The number of carbonyl (C=O) groups is 3. The van der Waals surface area contributed by atoms with E-state index in [0.717, 1.165) is 24.8 Å². The Morgan fingerprint density at radius 3 is 2.66 bits per heavy atom. The second-order valence-corrected chi connectivity index (χ2v) is 14.5. The van der Waals surface area contributed by atoms with Gasteiger partial charge in [0.05, 0.1) is 25.7 Å². The number of allylic oxidation sites excluding steroid dienone is 2. The monoisotopic (exact) mass is 525 g/mol. The Labute approximate surface area is 223 Å². The predicted octanol–water partition coefficient (Wildman–Crippen LogP) is 2.62. The molecule has 8 rings (SSSR count). The molecular formula is C30H39NO7. The number of fused-ring (bicyclic) bond motifs is 4. The van der Waals surface area contributed by atoms with E-state index in [1.807, 2.05) is 13.8 Å². The summed E-state index contributed by atoms with van der Waals surface area (Å²) in [5.41, 5.74) is -3.13. The number of aliphatic hydroxyl groups is 1. The van der Waals surface area contributed by atoms with E-state index >= 15 is 0 Å². The summed E-state index contributed by atoms with van der Waals surface area (Å²) >= 11 is 0. The van der Waals surface area contributed by atoms with Crippen LogP contribution in [0.1, 0.15) is 66.2 Å². The van der Waals surface area contributed by atoms with Crippen molar-refractivity contribution in [1.82, 2.24) is 4.90 Å². The van der Waals surface area contributed by atoms with Gasteiger partial charge in [-0.25, -0.2) is 4.90 Å². The minimum atomic E-state index is -1.11. The third-order valence-electron chi connectivity index (χ3n) is 13.0. The highest BCUT2D eigenvalue weighted by Gasteiger charge is 2.89. The number of rotatable bonds is 0. The number of aliphatic hydroxyl groups excluding tert-OH is 1. The normalized spacial score (nSPS) is 58.7. The van der Waals surface area contributed by atoms with Crippen LogP contribution in [0.2, 0.25) is 0 Å². The minimum Gasteiger partial charge on any atom is -0.465 e. The Bertz CT molecular complexity index is 1210. The minimum absolute atomic E-state index is 0.00412. The molecule has 38 heavy (non-hydrogen) atoms. The first-order valence-corrected chi connectivity index (χ1v) is 14.6. The summed E-state index contributed by atoms with van der Waals surface area (Å²) in [6, 6.07) is 0. The van der Waals surface area contributed by atoms with E-state index in [2.05, 4.69) is 18.7 Å². The molecule has 12 atom stereocenters. The number of esters is 1. The van der Waals surface area contributed by atoms with Crippen molar-refractivity contribution in [1.29, 1.82) is 0 Å². The van der Waals surface area contributed by atoms with E-state index in [0.29, 0.717) is 25.3 Å². The van der Waals surface area contributed by atoms with Crippen molar-refractivity contribution in [3.8, 4) is 0 Å². The van der Waals surface area contributed by atoms with Gasteiger partial charge in [0, 0.05) is 40.5 Å². The van der Waals surface area contributed by atoms with Gasteiger partial charge >= 0.3 is 5.97 Å². The second kappa shape index (κ2) is 6.99. The van der Waals surface area contributed by atoms with Gasteiger partial charge in [-0.3, -0.25) is 14.4 Å². The Kier molecular flexibility index (Phi) is 4.45. The van der Waals surface area contributed by atoms with Crippen molar-refractivity contribution in [2.75, 3.05) is 19.8 Å². The molecule has 0 unspecified atom stereocenters. The van der Waals surface area contributed by atoms with Crippen LogP contribution >= 0.6 is 0 Å². The van der Waals surface area contributed by atoms with Gasteiger partial charge in [-0.1, -0.05) is 26.3 Å². The molecule has 8 aliphatic rings. The molecule has 3 aliphatic carbocycles. The van der Waals surface area contributed by atoms with E-state index in [1.54, 1.807) is 6.08 Å². The number of piperidine rings is 1. The molecule has 8 nitrogen and oxygen atoms in total. The number of ether oxygens (including phenoxy) is 3. The van der Waals surface area contributed by atoms with Gasteiger partial charge in [-0.2, -0.15) is 0 Å². The number of hydrogen-bond acceptors (Lipinski definition) is 8. The van der Waals surface area contributed by atoms with E-state index in [-0.39, 0.29) is 49.2 Å². The lowest BCUT2D eigenvalue weighted by Crippen LogP contribution is -2.83. The summed E-state index contributed by atoms with van der Waals surface area (Å²) in [6.45, 7) is 9.30. The summed E-state index contributed by atoms with van der Waals surface area (Å²) in [5, 5.41) is 12.9. The summed E-state index contributed by atoms with van der Waals surface area (Å²) in [5.74, 6) is -1.61. The average molecular weight is 526 g/mol. The molecule has 5 aliphatic heterocycles. The van der Waals surface area contributed by atoms with Crippen LogP contribution in [-0.2, 0) is 28.6 Å². The SMILES string of the molecule is CC1=CC(=O)[C@H]2[C@@H](C1)[C@]13CO[C@@]4([C@@H]1O)N1C[C@H]5C[C@H](C)C[C@]1(CC[C@@]4(C)[C@]1(COC(=O)C1)[C@H]3C(=O)[C@@H]2C)O5. The van der Waals surface area contributed by atoms with E-state index < -0.39 is 51.6 Å². The van der Waals surface area contributed by atoms with Gasteiger partial charge in [0.25, 0.3) is 0 Å². The van der Waals surface area contributed by atoms with Gasteiger partial charge in [0.1, 0.15) is 17.6 Å². The average Bonchev–Trinajstić information content (AvgIpc) is 3.45. The highest BCUT2D eigenvalue weighted by molar-refractivity contribution is 6.00. The van der Waals surface area contributed by atoms with Crippen molar-refractivity contribution in [2.24, 2.45) is 45.8 Å². The molecule has 7 fully saturated rings. The first kappa shape index (κ1) is 24.2. The zero-order valence-corrected chi connectivity index (χ0v) is 22.8. The fraction of sp³-hybridized carbons (Fsp3) is 0.833. The highest BCUT2D eigenvalue weighted by atomic mass is 16.6. The molecular weight excluding hydrogens is 486 g/mol. The maximum Gasteiger partial charge on any atom is 0.306 e. The third kappa shape index (κ3) is 2.29. The lowest BCUT2D eigenvalue weighted by Gasteiger charge is -2.72. The first-order chi connectivity index (χ1) is 18.0. The molecule has 0 aromatic rings. The van der Waals surface area contributed by atoms with Crippen LogP contribution in [0.3, 0.4) is 0 Å². The standard InChI is InChI=1S/C30H39NO7/c1-15-8-19-22(20(32)9-15)17(3)23(34)24-27(11-21(33)36-13-27)26(4)5-6-28-10-16(2)7-18(38-28)12-31(28)30(26)25(35)29(19,24)14-37-30/h9,16-19,22,24-25,35H,5-8,10-14H2,1-4H3/t16-,17+,18+,19+,22+,24+,25+,26-,27+,28-,29-,30+/m0/s1. The van der Waals surface area contributed by atoms with E-state index in [9.17, 15) is 19.5 Å². The zero-order chi connectivity index (χ0) is 26.6. The van der Waals surface area contributed by atoms with Crippen LogP contribution in [0.4, 0.5) is 0 Å². The Morgan fingerprint density at radius 2 is 1.92 bits per heavy atom. The van der Waals surface area contributed by atoms with Crippen LogP contribution in [0.15, 0.2) is 11.6 Å². The molecule has 1 N–H and O–H groups in total. The number of cyclic esters (lactones) is 1. The number of carbonyl (C=O) groups excluding carboxylic acids is 3. The second-order valence-electron chi connectivity index (χ2n) is 14.5. The fourth-order valence-electron chi connectivity index (χ4n) is 11.7. The highest BCUT2D eigenvalue weighted by Crippen LogP contribution is 2.80. The maximum atomic E-state index is 14.6. The van der Waals surface area contributed by atoms with Gasteiger partial charge in [0.2, 0.25) is 0 Å². The van der Waals surface area contributed by atoms with Crippen molar-refractivity contribution in [3.05, 3.63) is 11.6 Å². The first-order valence-electron chi connectivity index (χ1n) is 14.6. The van der Waals surface area contributed by atoms with Crippen molar-refractivity contribution in [3.63, 3.8) is 0 Å². The molecule has 0 amide bonds. The molecule has 206 valence electrons. The zero-order valence-electron chi connectivity index (χ0n) is 22.8. The van der Waals surface area contributed by atoms with Gasteiger partial charge in [0.15, 0.2) is 11.5 Å². The largest absolute Gasteiger partial charge is 0.465 e. The molecule has 5 saturated heterocycles. The summed E-state index contributed by atoms with van der Waals surface area (Å²) < 4.78 is 19.6. The molecule has 0 aromatic heterocycles. The van der Waals surface area contributed by atoms with Crippen LogP contribution in [0, 0.1) is 45.8 Å². The lowest BCUT2D eigenvalue weighted by atomic mass is 9.33. The Morgan fingerprint density at radius 1 is 1.13 bits per heavy atom. The van der Waals surface area contributed by atoms with Crippen molar-refractivity contribution in [2.45, 2.75) is 89.9 Å². The summed E-state index contributed by atoms with van der Waals surface area (Å²) in [7, 11) is 0. The molecule has 4 spiro atoms. The molecule has 5 heterocycles. The molecule has 4 bridgehead atoms. The Hall–Kier alpha value is -1.61. The summed E-state index contributed by atoms with van der Waals surface area (Å²) in [4.78, 5) is 43.4. The number of ketones is 2. The molecule has 8 heteroatoms. The smallest absolute Gasteiger partial charge is 0.306 e. The maximum absolute atomic E-state index is 14.6. The van der Waals surface area contributed by atoms with Gasteiger partial charge in [-0.15, -0.1) is 0 Å². The quantitative estimate of drug-likeness (QED) is 0.482. The molecule has 0 radical (unpaired) electrons. The van der Waals surface area contributed by atoms with Crippen LogP contribution < -0.4 is 0 Å². The van der Waals surface area contributed by atoms with E-state index in [4.69, 9.17) is 14.2 Å². The summed E-state index contributed by atoms with van der Waals surface area (Å²) in [6.07, 6.45) is 4.87. The van der Waals surface area contributed by atoms with Crippen molar-refractivity contribution >= 4 is 17.5 Å². The topological polar surface area (TPSA) is 102 Å². The number of Topliss-reactive ketones (excluding diaryl/α,β-unsaturated/α-hetero) is 1. The lowest BCUT2D eigenvalue weighted by molar-refractivity contribution is -0.364.